The molecular formula is C20H13FN2. The maximum Gasteiger partial charge on any atom is 0.123 e. The Bertz CT molecular complexity index is 918. The van der Waals surface area contributed by atoms with Crippen molar-refractivity contribution >= 4 is 0 Å². The van der Waals surface area contributed by atoms with E-state index < -0.39 is 0 Å². The Labute approximate surface area is 133 Å². The van der Waals surface area contributed by atoms with Crippen LogP contribution < -0.4 is 0 Å². The van der Waals surface area contributed by atoms with Gasteiger partial charge in [-0.1, -0.05) is 24.3 Å². The molecule has 1 aromatic heterocycles. The molecule has 1 aliphatic heterocycles. The molecular weight excluding hydrogens is 287 g/mol. The lowest BCUT2D eigenvalue weighted by molar-refractivity contribution is 0.628. The fraction of sp³-hybridized carbons (Fsp3) is 0. The van der Waals surface area contributed by atoms with Crippen LogP contribution >= 0.6 is 0 Å². The zero-order chi connectivity index (χ0) is 15.6. The monoisotopic (exact) mass is 300 g/mol. The Balaban J connectivity index is 2.03. The fourth-order valence-electron chi connectivity index (χ4n) is 2.78. The lowest BCUT2D eigenvalue weighted by Gasteiger charge is -2.05. The van der Waals surface area contributed by atoms with E-state index in [0.29, 0.717) is 0 Å². The normalized spacial score (nSPS) is 10.8. The first-order chi connectivity index (χ1) is 11.3. The molecule has 0 bridgehead atoms. The van der Waals surface area contributed by atoms with Crippen molar-refractivity contribution in [2.75, 3.05) is 0 Å². The van der Waals surface area contributed by atoms with Crippen molar-refractivity contribution in [3.05, 3.63) is 84.9 Å². The van der Waals surface area contributed by atoms with E-state index in [1.807, 2.05) is 36.4 Å². The Hall–Kier alpha value is -3.07. The molecule has 0 radical (unpaired) electrons. The molecule has 0 unspecified atom stereocenters. The van der Waals surface area contributed by atoms with Gasteiger partial charge in [-0.15, -0.1) is 0 Å². The molecule has 23 heavy (non-hydrogen) atoms. The molecule has 2 aromatic rings. The van der Waals surface area contributed by atoms with Gasteiger partial charge in [-0.2, -0.15) is 0 Å². The van der Waals surface area contributed by atoms with E-state index in [1.165, 1.54) is 12.1 Å². The summed E-state index contributed by atoms with van der Waals surface area (Å²) in [6, 6.07) is 20.4. The van der Waals surface area contributed by atoms with Crippen molar-refractivity contribution in [1.82, 2.24) is 9.97 Å². The SMILES string of the molecule is Fc1ccc(-c2nc3cccccc-3c2-c2ccncc2)cc1. The maximum atomic E-state index is 13.3. The van der Waals surface area contributed by atoms with Crippen molar-refractivity contribution in [1.29, 1.82) is 0 Å². The number of hydrogen-bond donors (Lipinski definition) is 0. The first kappa shape index (κ1) is 13.6. The minimum Gasteiger partial charge on any atom is -0.265 e. The van der Waals surface area contributed by atoms with E-state index in [9.17, 15) is 4.39 Å². The summed E-state index contributed by atoms with van der Waals surface area (Å²) in [6.45, 7) is 0. The van der Waals surface area contributed by atoms with Gasteiger partial charge in [0.2, 0.25) is 0 Å². The Morgan fingerprint density at radius 1 is 0.696 bits per heavy atom. The van der Waals surface area contributed by atoms with Crippen LogP contribution in [-0.2, 0) is 0 Å². The molecule has 2 nitrogen and oxygen atoms in total. The van der Waals surface area contributed by atoms with Gasteiger partial charge in [0.1, 0.15) is 5.82 Å². The maximum absolute atomic E-state index is 13.3. The second-order valence-electron chi connectivity index (χ2n) is 5.29. The standard InChI is InChI=1S/C20H13FN2/c21-16-8-6-15(7-9-16)20-19(14-10-12-22-13-11-14)17-4-2-1-3-5-18(17)23-20/h1-13H. The highest BCUT2D eigenvalue weighted by Gasteiger charge is 2.19. The molecule has 1 aliphatic carbocycles. The first-order valence-corrected chi connectivity index (χ1v) is 7.38. The van der Waals surface area contributed by atoms with Gasteiger partial charge in [0.25, 0.3) is 0 Å². The van der Waals surface area contributed by atoms with E-state index in [2.05, 4.69) is 11.1 Å². The van der Waals surface area contributed by atoms with Gasteiger partial charge >= 0.3 is 0 Å². The minimum atomic E-state index is -0.248. The lowest BCUT2D eigenvalue weighted by atomic mass is 9.98. The number of fused-ring (bicyclic) bond motifs is 1. The van der Waals surface area contributed by atoms with Crippen molar-refractivity contribution in [3.63, 3.8) is 0 Å². The molecule has 0 N–H and O–H groups in total. The van der Waals surface area contributed by atoms with Crippen LogP contribution in [0.3, 0.4) is 0 Å². The Morgan fingerprint density at radius 2 is 1.43 bits per heavy atom. The molecule has 3 heteroatoms. The molecule has 0 spiro atoms. The molecule has 0 atom stereocenters. The molecule has 0 saturated carbocycles. The number of halogens is 1. The van der Waals surface area contributed by atoms with E-state index in [-0.39, 0.29) is 5.82 Å². The number of nitrogens with zero attached hydrogens (tertiary/aromatic N) is 2. The van der Waals surface area contributed by atoms with Crippen LogP contribution in [0.5, 0.6) is 0 Å². The summed E-state index contributed by atoms with van der Waals surface area (Å²) in [7, 11) is 0. The third-order valence-corrected chi connectivity index (χ3v) is 3.84. The predicted molar refractivity (Wildman–Crippen MR) is 89.5 cm³/mol. The zero-order valence-corrected chi connectivity index (χ0v) is 12.3. The van der Waals surface area contributed by atoms with Crippen LogP contribution in [0.25, 0.3) is 33.6 Å². The molecule has 110 valence electrons. The highest BCUT2D eigenvalue weighted by molar-refractivity contribution is 5.94. The van der Waals surface area contributed by atoms with Gasteiger partial charge in [0.15, 0.2) is 0 Å². The van der Waals surface area contributed by atoms with Crippen LogP contribution in [-0.4, -0.2) is 9.97 Å². The highest BCUT2D eigenvalue weighted by atomic mass is 19.1. The molecule has 0 fully saturated rings. The summed E-state index contributed by atoms with van der Waals surface area (Å²) in [5.74, 6) is -0.248. The third-order valence-electron chi connectivity index (χ3n) is 3.84. The Kier molecular flexibility index (Phi) is 3.31. The second-order valence-corrected chi connectivity index (χ2v) is 5.29. The largest absolute Gasteiger partial charge is 0.265 e. The number of benzene rings is 1. The topological polar surface area (TPSA) is 25.8 Å². The average molecular weight is 300 g/mol. The molecule has 4 rings (SSSR count). The van der Waals surface area contributed by atoms with Gasteiger partial charge in [-0.25, -0.2) is 9.37 Å². The van der Waals surface area contributed by atoms with Gasteiger partial charge < -0.3 is 0 Å². The summed E-state index contributed by atoms with van der Waals surface area (Å²) in [6.07, 6.45) is 3.54. The number of aromatic nitrogens is 2. The summed E-state index contributed by atoms with van der Waals surface area (Å²) in [5.41, 5.74) is 5.84. The molecule has 0 saturated heterocycles. The third kappa shape index (κ3) is 2.46. The molecule has 0 amide bonds. The van der Waals surface area contributed by atoms with E-state index in [0.717, 1.165) is 33.6 Å². The van der Waals surface area contributed by atoms with Gasteiger partial charge in [-0.05, 0) is 48.0 Å². The highest BCUT2D eigenvalue weighted by Crippen LogP contribution is 2.41. The number of pyridine rings is 1. The summed E-state index contributed by atoms with van der Waals surface area (Å²) < 4.78 is 13.3. The number of hydrogen-bond acceptors (Lipinski definition) is 2. The van der Waals surface area contributed by atoms with Crippen molar-refractivity contribution in [2.24, 2.45) is 0 Å². The Morgan fingerprint density at radius 3 is 2.22 bits per heavy atom. The van der Waals surface area contributed by atoms with Gasteiger partial charge in [0.05, 0.1) is 11.4 Å². The van der Waals surface area contributed by atoms with E-state index in [1.54, 1.807) is 24.5 Å². The van der Waals surface area contributed by atoms with Crippen molar-refractivity contribution in [2.45, 2.75) is 0 Å². The van der Waals surface area contributed by atoms with Crippen LogP contribution in [0, 0.1) is 5.82 Å². The van der Waals surface area contributed by atoms with Crippen LogP contribution in [0.1, 0.15) is 0 Å². The van der Waals surface area contributed by atoms with Crippen molar-refractivity contribution in [3.8, 4) is 33.6 Å². The molecule has 2 aliphatic rings. The number of rotatable bonds is 2. The van der Waals surface area contributed by atoms with Gasteiger partial charge in [0, 0.05) is 29.1 Å². The molecule has 1 aromatic carbocycles. The molecule has 2 heterocycles. The second kappa shape index (κ2) is 5.61. The van der Waals surface area contributed by atoms with Gasteiger partial charge in [-0.3, -0.25) is 4.98 Å². The van der Waals surface area contributed by atoms with E-state index >= 15 is 0 Å². The minimum absolute atomic E-state index is 0.248. The summed E-state index contributed by atoms with van der Waals surface area (Å²) in [4.78, 5) is 8.88. The first-order valence-electron chi connectivity index (χ1n) is 7.38. The van der Waals surface area contributed by atoms with Crippen LogP contribution in [0.4, 0.5) is 4.39 Å². The lowest BCUT2D eigenvalue weighted by Crippen LogP contribution is -1.84. The zero-order valence-electron chi connectivity index (χ0n) is 12.3. The predicted octanol–water partition coefficient (Wildman–Crippen LogP) is 5.05. The summed E-state index contributed by atoms with van der Waals surface area (Å²) in [5, 5.41) is 0. The van der Waals surface area contributed by atoms with E-state index in [4.69, 9.17) is 4.98 Å². The fourth-order valence-corrected chi connectivity index (χ4v) is 2.78. The average Bonchev–Trinajstić information content (AvgIpc) is 2.79. The quantitative estimate of drug-likeness (QED) is 0.517. The van der Waals surface area contributed by atoms with Crippen LogP contribution in [0.15, 0.2) is 79.1 Å². The smallest absolute Gasteiger partial charge is 0.123 e. The van der Waals surface area contributed by atoms with Crippen LogP contribution in [0.2, 0.25) is 0 Å². The summed E-state index contributed by atoms with van der Waals surface area (Å²) >= 11 is 0. The van der Waals surface area contributed by atoms with Crippen molar-refractivity contribution < 1.29 is 4.39 Å².